The van der Waals surface area contributed by atoms with Crippen LogP contribution in [0.25, 0.3) is 11.3 Å². The van der Waals surface area contributed by atoms with Gasteiger partial charge in [-0.2, -0.15) is 0 Å². The summed E-state index contributed by atoms with van der Waals surface area (Å²) in [5, 5.41) is 0. The Hall–Kier alpha value is -1.90. The highest BCUT2D eigenvalue weighted by molar-refractivity contribution is 5.97. The minimum Gasteiger partial charge on any atom is -0.443 e. The number of ketones is 1. The van der Waals surface area contributed by atoms with Crippen molar-refractivity contribution in [1.82, 2.24) is 4.98 Å². The Balaban J connectivity index is 2.52. The Morgan fingerprint density at radius 1 is 1.29 bits per heavy atom. The lowest BCUT2D eigenvalue weighted by atomic mass is 10.1. The van der Waals surface area contributed by atoms with E-state index in [2.05, 4.69) is 4.98 Å². The van der Waals surface area contributed by atoms with Crippen molar-refractivity contribution in [2.24, 2.45) is 0 Å². The number of oxazole rings is 1. The summed E-state index contributed by atoms with van der Waals surface area (Å²) in [6, 6.07) is 9.46. The van der Waals surface area contributed by atoms with E-state index >= 15 is 0 Å². The average molecular weight is 187 g/mol. The minimum absolute atomic E-state index is 0.0856. The fourth-order valence-corrected chi connectivity index (χ4v) is 1.29. The van der Waals surface area contributed by atoms with E-state index in [0.29, 0.717) is 11.5 Å². The standard InChI is InChI=1S/C11H9NO2/c1-8(13)10-11(14-7-12-10)9-5-3-2-4-6-9/h2-7H,1H3. The second kappa shape index (κ2) is 3.46. The highest BCUT2D eigenvalue weighted by Gasteiger charge is 2.13. The molecular weight excluding hydrogens is 178 g/mol. The summed E-state index contributed by atoms with van der Waals surface area (Å²) < 4.78 is 5.18. The number of aromatic nitrogens is 1. The molecule has 2 rings (SSSR count). The lowest BCUT2D eigenvalue weighted by Crippen LogP contribution is -1.94. The monoisotopic (exact) mass is 187 g/mol. The van der Waals surface area contributed by atoms with Gasteiger partial charge in [-0.1, -0.05) is 30.3 Å². The number of carbonyl (C=O) groups excluding carboxylic acids is 1. The quantitative estimate of drug-likeness (QED) is 0.678. The van der Waals surface area contributed by atoms with Crippen molar-refractivity contribution in [2.75, 3.05) is 0 Å². The molecule has 3 nitrogen and oxygen atoms in total. The van der Waals surface area contributed by atoms with Crippen LogP contribution in [-0.2, 0) is 0 Å². The molecule has 0 aliphatic heterocycles. The lowest BCUT2D eigenvalue weighted by Gasteiger charge is -1.96. The normalized spacial score (nSPS) is 10.1. The molecule has 0 N–H and O–H groups in total. The van der Waals surface area contributed by atoms with E-state index in [1.54, 1.807) is 0 Å². The van der Waals surface area contributed by atoms with Crippen LogP contribution in [0.3, 0.4) is 0 Å². The second-order valence-electron chi connectivity index (χ2n) is 2.95. The third-order valence-corrected chi connectivity index (χ3v) is 1.94. The molecule has 0 aliphatic rings. The van der Waals surface area contributed by atoms with E-state index in [0.717, 1.165) is 5.56 Å². The van der Waals surface area contributed by atoms with Gasteiger partial charge in [0, 0.05) is 12.5 Å². The lowest BCUT2D eigenvalue weighted by molar-refractivity contribution is 0.101. The largest absolute Gasteiger partial charge is 0.443 e. The predicted octanol–water partition coefficient (Wildman–Crippen LogP) is 2.54. The van der Waals surface area contributed by atoms with Crippen LogP contribution < -0.4 is 0 Å². The zero-order chi connectivity index (χ0) is 9.97. The van der Waals surface area contributed by atoms with Gasteiger partial charge >= 0.3 is 0 Å². The maximum absolute atomic E-state index is 11.2. The van der Waals surface area contributed by atoms with E-state index in [1.807, 2.05) is 30.3 Å². The van der Waals surface area contributed by atoms with Crippen molar-refractivity contribution in [3.8, 4) is 11.3 Å². The molecule has 0 spiro atoms. The fourth-order valence-electron chi connectivity index (χ4n) is 1.29. The molecule has 0 atom stereocenters. The molecular formula is C11H9NO2. The van der Waals surface area contributed by atoms with E-state index in [-0.39, 0.29) is 5.78 Å². The Labute approximate surface area is 81.4 Å². The van der Waals surface area contributed by atoms with Gasteiger partial charge in [-0.05, 0) is 0 Å². The van der Waals surface area contributed by atoms with E-state index in [1.165, 1.54) is 13.3 Å². The molecule has 0 aliphatic carbocycles. The molecule has 0 bridgehead atoms. The summed E-state index contributed by atoms with van der Waals surface area (Å²) in [7, 11) is 0. The number of hydrogen-bond acceptors (Lipinski definition) is 3. The van der Waals surface area contributed by atoms with Crippen LogP contribution in [0, 0.1) is 0 Å². The second-order valence-corrected chi connectivity index (χ2v) is 2.95. The summed E-state index contributed by atoms with van der Waals surface area (Å²) in [5.41, 5.74) is 1.26. The molecule has 0 amide bonds. The van der Waals surface area contributed by atoms with Gasteiger partial charge in [0.15, 0.2) is 23.6 Å². The van der Waals surface area contributed by atoms with Crippen molar-refractivity contribution in [3.05, 3.63) is 42.4 Å². The van der Waals surface area contributed by atoms with E-state index < -0.39 is 0 Å². The van der Waals surface area contributed by atoms with Crippen LogP contribution in [0.2, 0.25) is 0 Å². The van der Waals surface area contributed by atoms with Gasteiger partial charge < -0.3 is 4.42 Å². The maximum atomic E-state index is 11.2. The molecule has 70 valence electrons. The maximum Gasteiger partial charge on any atom is 0.182 e. The molecule has 0 saturated carbocycles. The van der Waals surface area contributed by atoms with Gasteiger partial charge in [-0.3, -0.25) is 4.79 Å². The molecule has 0 radical (unpaired) electrons. The van der Waals surface area contributed by atoms with Crippen LogP contribution in [0.15, 0.2) is 41.1 Å². The van der Waals surface area contributed by atoms with Crippen molar-refractivity contribution in [3.63, 3.8) is 0 Å². The first-order valence-electron chi connectivity index (χ1n) is 4.29. The smallest absolute Gasteiger partial charge is 0.182 e. The molecule has 2 aromatic rings. The van der Waals surface area contributed by atoms with Crippen molar-refractivity contribution < 1.29 is 9.21 Å². The van der Waals surface area contributed by atoms with Crippen LogP contribution in [0.5, 0.6) is 0 Å². The Kier molecular flexibility index (Phi) is 2.14. The number of carbonyl (C=O) groups is 1. The number of nitrogens with zero attached hydrogens (tertiary/aromatic N) is 1. The highest BCUT2D eigenvalue weighted by atomic mass is 16.3. The van der Waals surface area contributed by atoms with Crippen LogP contribution in [0.1, 0.15) is 17.4 Å². The summed E-state index contributed by atoms with van der Waals surface area (Å²) in [6.45, 7) is 1.48. The molecule has 14 heavy (non-hydrogen) atoms. The van der Waals surface area contributed by atoms with Gasteiger partial charge in [-0.25, -0.2) is 4.98 Å². The summed E-state index contributed by atoms with van der Waals surface area (Å²) in [5.74, 6) is 0.454. The molecule has 3 heteroatoms. The summed E-state index contributed by atoms with van der Waals surface area (Å²) >= 11 is 0. The molecule has 1 aromatic heterocycles. The molecule has 0 unspecified atom stereocenters. The van der Waals surface area contributed by atoms with E-state index in [9.17, 15) is 4.79 Å². The first-order valence-corrected chi connectivity index (χ1v) is 4.29. The van der Waals surface area contributed by atoms with Crippen molar-refractivity contribution in [1.29, 1.82) is 0 Å². The van der Waals surface area contributed by atoms with Gasteiger partial charge in [0.05, 0.1) is 0 Å². The van der Waals surface area contributed by atoms with Crippen LogP contribution in [0.4, 0.5) is 0 Å². The molecule has 1 aromatic carbocycles. The fraction of sp³-hybridized carbons (Fsp3) is 0.0909. The van der Waals surface area contributed by atoms with Gasteiger partial charge in [0.25, 0.3) is 0 Å². The number of benzene rings is 1. The van der Waals surface area contributed by atoms with Crippen LogP contribution in [-0.4, -0.2) is 10.8 Å². The van der Waals surface area contributed by atoms with Gasteiger partial charge in [0.1, 0.15) is 0 Å². The first kappa shape index (κ1) is 8.69. The first-order chi connectivity index (χ1) is 6.79. The Bertz CT molecular complexity index is 445. The zero-order valence-corrected chi connectivity index (χ0v) is 7.73. The number of rotatable bonds is 2. The Morgan fingerprint density at radius 3 is 2.64 bits per heavy atom. The molecule has 0 fully saturated rings. The zero-order valence-electron chi connectivity index (χ0n) is 7.73. The summed E-state index contributed by atoms with van der Waals surface area (Å²) in [4.78, 5) is 15.1. The number of hydrogen-bond donors (Lipinski definition) is 0. The SMILES string of the molecule is CC(=O)c1ncoc1-c1ccccc1. The molecule has 0 saturated heterocycles. The number of Topliss-reactive ketones (excluding diaryl/α,β-unsaturated/α-hetero) is 1. The summed E-state index contributed by atoms with van der Waals surface area (Å²) in [6.07, 6.45) is 1.29. The van der Waals surface area contributed by atoms with Crippen LogP contribution >= 0.6 is 0 Å². The third-order valence-electron chi connectivity index (χ3n) is 1.94. The minimum atomic E-state index is -0.0856. The van der Waals surface area contributed by atoms with Gasteiger partial charge in [0.2, 0.25) is 0 Å². The topological polar surface area (TPSA) is 43.1 Å². The van der Waals surface area contributed by atoms with Crippen molar-refractivity contribution in [2.45, 2.75) is 6.92 Å². The highest BCUT2D eigenvalue weighted by Crippen LogP contribution is 2.22. The Morgan fingerprint density at radius 2 is 2.00 bits per heavy atom. The van der Waals surface area contributed by atoms with Gasteiger partial charge in [-0.15, -0.1) is 0 Å². The third kappa shape index (κ3) is 1.44. The van der Waals surface area contributed by atoms with E-state index in [4.69, 9.17) is 4.42 Å². The average Bonchev–Trinajstić information content (AvgIpc) is 2.67. The van der Waals surface area contributed by atoms with Crippen molar-refractivity contribution >= 4 is 5.78 Å². The molecule has 1 heterocycles. The predicted molar refractivity (Wildman–Crippen MR) is 51.9 cm³/mol.